The van der Waals surface area contributed by atoms with Gasteiger partial charge in [-0.15, -0.1) is 0 Å². The number of nitrogens with two attached hydrogens (primary N) is 1. The molecule has 2 atom stereocenters. The number of alkyl carbamates (subject to hydrolysis) is 1. The summed E-state index contributed by atoms with van der Waals surface area (Å²) < 4.78 is 5.18. The van der Waals surface area contributed by atoms with E-state index in [1.54, 1.807) is 24.3 Å². The summed E-state index contributed by atoms with van der Waals surface area (Å²) in [5, 5.41) is 27.9. The average Bonchev–Trinajstić information content (AvgIpc) is 2.78. The first kappa shape index (κ1) is 37.5. The third kappa shape index (κ3) is 26.4. The highest BCUT2D eigenvalue weighted by Crippen LogP contribution is 2.12. The zero-order chi connectivity index (χ0) is 29.4. The maximum atomic E-state index is 11.5. The van der Waals surface area contributed by atoms with Crippen molar-refractivity contribution in [2.24, 2.45) is 5.73 Å². The molecule has 0 aliphatic heterocycles. The van der Waals surface area contributed by atoms with E-state index in [9.17, 15) is 9.90 Å². The van der Waals surface area contributed by atoms with Gasteiger partial charge >= 0.3 is 18.4 Å². The predicted octanol–water partition coefficient (Wildman–Crippen LogP) is 2.57. The van der Waals surface area contributed by atoms with Crippen molar-refractivity contribution in [2.75, 3.05) is 7.11 Å². The van der Waals surface area contributed by atoms with Gasteiger partial charge in [0.1, 0.15) is 17.1 Å². The number of aliphatic hydroxyl groups excluding tert-OH is 1. The molecule has 1 amide bonds. The van der Waals surface area contributed by atoms with Gasteiger partial charge in [-0.05, 0) is 82.9 Å². The molecule has 206 valence electrons. The quantitative estimate of drug-likeness (QED) is 0.389. The third-order valence-corrected chi connectivity index (χ3v) is 3.74. The van der Waals surface area contributed by atoms with Crippen molar-refractivity contribution in [2.45, 2.75) is 65.1 Å². The molecule has 0 heterocycles. The zero-order valence-corrected chi connectivity index (χ0v) is 22.1. The van der Waals surface area contributed by atoms with E-state index < -0.39 is 11.7 Å². The third-order valence-electron chi connectivity index (χ3n) is 3.74. The molecule has 0 aliphatic carbocycles. The monoisotopic (exact) mass is 522 g/mol. The van der Waals surface area contributed by atoms with Crippen LogP contribution < -0.4 is 11.1 Å². The lowest BCUT2D eigenvalue weighted by atomic mass is 10.1. The number of rotatable bonds is 5. The molecule has 0 fully saturated rings. The van der Waals surface area contributed by atoms with E-state index in [1.807, 2.05) is 58.9 Å². The number of phenols is 2. The van der Waals surface area contributed by atoms with Gasteiger partial charge in [0, 0.05) is 19.2 Å². The van der Waals surface area contributed by atoms with E-state index >= 15 is 0 Å². The van der Waals surface area contributed by atoms with Crippen molar-refractivity contribution in [3.8, 4) is 11.5 Å². The van der Waals surface area contributed by atoms with Gasteiger partial charge in [0.15, 0.2) is 0 Å². The van der Waals surface area contributed by atoms with E-state index in [0.717, 1.165) is 24.7 Å². The summed E-state index contributed by atoms with van der Waals surface area (Å²) in [7, 11) is 1.00. The summed E-state index contributed by atoms with van der Waals surface area (Å²) in [6.45, 7) is 9.37. The average molecular weight is 523 g/mol. The smallest absolute Gasteiger partial charge is 0.407 e. The van der Waals surface area contributed by atoms with Gasteiger partial charge in [0.2, 0.25) is 0 Å². The van der Waals surface area contributed by atoms with Gasteiger partial charge in [-0.2, -0.15) is 19.2 Å². The molecule has 0 saturated carbocycles. The van der Waals surface area contributed by atoms with E-state index in [0.29, 0.717) is 12.2 Å². The lowest BCUT2D eigenvalue weighted by molar-refractivity contribution is -0.193. The first-order valence-corrected chi connectivity index (χ1v) is 11.0. The second-order valence-corrected chi connectivity index (χ2v) is 8.43. The van der Waals surface area contributed by atoms with Crippen LogP contribution in [0.1, 0.15) is 45.7 Å². The number of aliphatic hydroxyl groups is 1. The number of hydrogen-bond acceptors (Lipinski definition) is 10. The number of amides is 1. The van der Waals surface area contributed by atoms with Gasteiger partial charge in [0.05, 0.1) is 0 Å². The Morgan fingerprint density at radius 3 is 1.46 bits per heavy atom. The summed E-state index contributed by atoms with van der Waals surface area (Å²) >= 11 is 0. The van der Waals surface area contributed by atoms with Crippen LogP contribution in [0.4, 0.5) is 4.79 Å². The maximum absolute atomic E-state index is 11.5. The van der Waals surface area contributed by atoms with Gasteiger partial charge in [0.25, 0.3) is 0 Å². The number of aromatic hydroxyl groups is 2. The molecule has 0 spiro atoms. The zero-order valence-electron chi connectivity index (χ0n) is 22.1. The van der Waals surface area contributed by atoms with Gasteiger partial charge in [-0.25, -0.2) is 4.79 Å². The van der Waals surface area contributed by atoms with Crippen LogP contribution in [-0.2, 0) is 36.8 Å². The molecule has 2 aromatic carbocycles. The Labute approximate surface area is 217 Å². The number of phenolic OH excluding ortho intramolecular Hbond substituents is 2. The van der Waals surface area contributed by atoms with Crippen molar-refractivity contribution in [1.29, 1.82) is 0 Å². The molecule has 11 heteroatoms. The van der Waals surface area contributed by atoms with Crippen LogP contribution in [-0.4, -0.2) is 58.5 Å². The van der Waals surface area contributed by atoms with Gasteiger partial charge in [-0.1, -0.05) is 24.3 Å². The normalized spacial score (nSPS) is 10.7. The minimum Gasteiger partial charge on any atom is -0.508 e. The van der Waals surface area contributed by atoms with Crippen LogP contribution in [0.3, 0.4) is 0 Å². The van der Waals surface area contributed by atoms with Crippen molar-refractivity contribution >= 4 is 18.4 Å². The first-order chi connectivity index (χ1) is 17.3. The minimum atomic E-state index is -0.484. The van der Waals surface area contributed by atoms with Crippen LogP contribution in [0, 0.1) is 0 Å². The number of carbonyl (C=O) groups excluding carboxylic acids is 5. The molecule has 11 nitrogen and oxygen atoms in total. The van der Waals surface area contributed by atoms with Crippen LogP contribution in [0.25, 0.3) is 0 Å². The van der Waals surface area contributed by atoms with Crippen LogP contribution in [0.2, 0.25) is 0 Å². The molecule has 2 aromatic rings. The number of carbonyl (C=O) groups is 1. The second-order valence-electron chi connectivity index (χ2n) is 8.43. The highest BCUT2D eigenvalue weighted by molar-refractivity contribution is 5.68. The van der Waals surface area contributed by atoms with Crippen molar-refractivity contribution < 1.29 is 44.0 Å². The summed E-state index contributed by atoms with van der Waals surface area (Å²) in [4.78, 5) is 44.0. The molecule has 37 heavy (non-hydrogen) atoms. The fraction of sp³-hybridized carbons (Fsp3) is 0.423. The molecule has 0 saturated heterocycles. The lowest BCUT2D eigenvalue weighted by Crippen LogP contribution is -2.38. The molecular weight excluding hydrogens is 484 g/mol. The number of benzene rings is 2. The standard InChI is InChI=1S/C14H21NO3.C9H13NO.2CO2.CH4O/c1-10(15-13(17)18-14(2,3)4)9-11-5-7-12(16)8-6-11;1-7(10)6-8-2-4-9(11)5-3-8;2*2-1-3;1-2/h5-8,10,16H,9H2,1-4H3,(H,15,17);2-5,7,11H,6,10H2,1H3;;;2H,1H3. The topological polar surface area (TPSA) is 193 Å². The largest absolute Gasteiger partial charge is 0.508 e. The van der Waals surface area contributed by atoms with E-state index in [-0.39, 0.29) is 30.1 Å². The number of ether oxygens (including phenoxy) is 1. The van der Waals surface area contributed by atoms with Crippen LogP contribution in [0.5, 0.6) is 11.5 Å². The summed E-state index contributed by atoms with van der Waals surface area (Å²) in [6.07, 6.45) is 1.65. The molecular formula is C26H38N2O9. The van der Waals surface area contributed by atoms with Gasteiger partial charge in [-0.3, -0.25) is 0 Å². The SMILES string of the molecule is CC(Cc1ccc(O)cc1)NC(=O)OC(C)(C)C.CC(N)Cc1ccc(O)cc1.CO.O=C=O.O=C=O. The molecule has 0 aliphatic rings. The van der Waals surface area contributed by atoms with Crippen molar-refractivity contribution in [3.63, 3.8) is 0 Å². The number of nitrogens with one attached hydrogen (secondary N) is 1. The fourth-order valence-electron chi connectivity index (χ4n) is 2.55. The van der Waals surface area contributed by atoms with Crippen LogP contribution in [0.15, 0.2) is 48.5 Å². The van der Waals surface area contributed by atoms with E-state index in [1.165, 1.54) is 0 Å². The summed E-state index contributed by atoms with van der Waals surface area (Å²) in [5.74, 6) is 0.546. The Balaban J connectivity index is -0.000000516. The molecule has 2 unspecified atom stereocenters. The Morgan fingerprint density at radius 1 is 0.838 bits per heavy atom. The van der Waals surface area contributed by atoms with E-state index in [4.69, 9.17) is 39.9 Å². The summed E-state index contributed by atoms with van der Waals surface area (Å²) in [5.41, 5.74) is 7.33. The first-order valence-electron chi connectivity index (χ1n) is 11.0. The molecule has 6 N–H and O–H groups in total. The van der Waals surface area contributed by atoms with Gasteiger partial charge < -0.3 is 31.1 Å². The van der Waals surface area contributed by atoms with Crippen molar-refractivity contribution in [3.05, 3.63) is 59.7 Å². The summed E-state index contributed by atoms with van der Waals surface area (Å²) in [6, 6.07) is 14.2. The van der Waals surface area contributed by atoms with Crippen LogP contribution >= 0.6 is 0 Å². The lowest BCUT2D eigenvalue weighted by Gasteiger charge is -2.22. The molecule has 0 bridgehead atoms. The fourth-order valence-corrected chi connectivity index (χ4v) is 2.55. The Hall–Kier alpha value is -4.01. The highest BCUT2D eigenvalue weighted by atomic mass is 16.6. The second kappa shape index (κ2) is 22.5. The Kier molecular flexibility index (Phi) is 22.8. The molecule has 0 aromatic heterocycles. The predicted molar refractivity (Wildman–Crippen MR) is 134 cm³/mol. The Morgan fingerprint density at radius 2 is 1.16 bits per heavy atom. The molecule has 2 rings (SSSR count). The Bertz CT molecular complexity index is 899. The van der Waals surface area contributed by atoms with Crippen molar-refractivity contribution in [1.82, 2.24) is 5.32 Å². The van der Waals surface area contributed by atoms with E-state index in [2.05, 4.69) is 5.32 Å². The molecule has 0 radical (unpaired) electrons. The highest BCUT2D eigenvalue weighted by Gasteiger charge is 2.17. The maximum Gasteiger partial charge on any atom is 0.407 e. The number of hydrogen-bond donors (Lipinski definition) is 5. The minimum absolute atomic E-state index is 0.0237.